The zero-order chi connectivity index (χ0) is 13.8. The summed E-state index contributed by atoms with van der Waals surface area (Å²) in [4.78, 5) is 11.8. The summed E-state index contributed by atoms with van der Waals surface area (Å²) < 4.78 is 5.17. The number of benzene rings is 1. The molecule has 19 heavy (non-hydrogen) atoms. The first-order valence-corrected chi connectivity index (χ1v) is 6.47. The van der Waals surface area contributed by atoms with E-state index in [1.54, 1.807) is 18.2 Å². The van der Waals surface area contributed by atoms with Gasteiger partial charge in [0.25, 0.3) is 0 Å². The Hall–Kier alpha value is -1.30. The van der Waals surface area contributed by atoms with Gasteiger partial charge < -0.3 is 10.1 Å². The molecule has 0 fully saturated rings. The quantitative estimate of drug-likeness (QED) is 0.924. The Kier molecular flexibility index (Phi) is 4.63. The van der Waals surface area contributed by atoms with E-state index < -0.39 is 0 Å². The Balaban J connectivity index is 2.27. The van der Waals surface area contributed by atoms with Crippen LogP contribution in [-0.4, -0.2) is 21.6 Å². The van der Waals surface area contributed by atoms with E-state index in [4.69, 9.17) is 39.5 Å². The molecule has 8 heteroatoms. The third-order valence-electron chi connectivity index (χ3n) is 1.98. The van der Waals surface area contributed by atoms with Gasteiger partial charge in [0.15, 0.2) is 0 Å². The van der Waals surface area contributed by atoms with Gasteiger partial charge in [0.05, 0.1) is 6.61 Å². The van der Waals surface area contributed by atoms with Crippen molar-refractivity contribution in [3.63, 3.8) is 0 Å². The molecule has 0 bridgehead atoms. The maximum absolute atomic E-state index is 5.90. The molecule has 0 aliphatic carbocycles. The Morgan fingerprint density at radius 3 is 2.37 bits per heavy atom. The summed E-state index contributed by atoms with van der Waals surface area (Å²) >= 11 is 17.6. The Labute approximate surface area is 124 Å². The number of hydrogen-bond acceptors (Lipinski definition) is 5. The lowest BCUT2D eigenvalue weighted by Crippen LogP contribution is -2.03. The van der Waals surface area contributed by atoms with Crippen molar-refractivity contribution in [2.75, 3.05) is 11.9 Å². The van der Waals surface area contributed by atoms with Gasteiger partial charge in [-0.2, -0.15) is 15.0 Å². The molecule has 100 valence electrons. The average molecular weight is 320 g/mol. The number of nitrogens with zero attached hydrogens (tertiary/aromatic N) is 3. The van der Waals surface area contributed by atoms with Gasteiger partial charge in [-0.25, -0.2) is 0 Å². The SMILES string of the molecule is CCOc1nc(Cl)nc(Nc2cc(Cl)cc(Cl)c2)n1. The Bertz CT molecular complexity index is 574. The molecule has 0 aliphatic rings. The minimum absolute atomic E-state index is 0.0362. The fraction of sp³-hybridized carbons (Fsp3) is 0.182. The monoisotopic (exact) mass is 318 g/mol. The van der Waals surface area contributed by atoms with Crippen LogP contribution in [0.5, 0.6) is 6.01 Å². The lowest BCUT2D eigenvalue weighted by atomic mass is 10.3. The van der Waals surface area contributed by atoms with Crippen LogP contribution in [0.4, 0.5) is 11.6 Å². The van der Waals surface area contributed by atoms with Crippen LogP contribution >= 0.6 is 34.8 Å². The first kappa shape index (κ1) is 14.1. The largest absolute Gasteiger partial charge is 0.464 e. The highest BCUT2D eigenvalue weighted by molar-refractivity contribution is 6.35. The highest BCUT2D eigenvalue weighted by Gasteiger charge is 2.07. The third kappa shape index (κ3) is 4.09. The molecule has 0 amide bonds. The van der Waals surface area contributed by atoms with Gasteiger partial charge in [-0.15, -0.1) is 0 Å². The molecule has 1 N–H and O–H groups in total. The van der Waals surface area contributed by atoms with Crippen LogP contribution in [-0.2, 0) is 0 Å². The van der Waals surface area contributed by atoms with Crippen LogP contribution in [0.3, 0.4) is 0 Å². The molecule has 2 rings (SSSR count). The first-order valence-electron chi connectivity index (χ1n) is 5.34. The fourth-order valence-corrected chi connectivity index (χ4v) is 2.01. The topological polar surface area (TPSA) is 59.9 Å². The van der Waals surface area contributed by atoms with E-state index in [9.17, 15) is 0 Å². The highest BCUT2D eigenvalue weighted by Crippen LogP contribution is 2.24. The second-order valence-electron chi connectivity index (χ2n) is 3.43. The predicted octanol–water partition coefficient (Wildman–Crippen LogP) is 3.97. The molecule has 2 aromatic rings. The van der Waals surface area contributed by atoms with Crippen LogP contribution in [0.15, 0.2) is 18.2 Å². The van der Waals surface area contributed by atoms with E-state index in [1.165, 1.54) is 0 Å². The lowest BCUT2D eigenvalue weighted by molar-refractivity contribution is 0.312. The van der Waals surface area contributed by atoms with Crippen molar-refractivity contribution >= 4 is 46.4 Å². The van der Waals surface area contributed by atoms with Crippen molar-refractivity contribution in [2.24, 2.45) is 0 Å². The molecule has 0 unspecified atom stereocenters. The van der Waals surface area contributed by atoms with Crippen LogP contribution in [0.2, 0.25) is 15.3 Å². The van der Waals surface area contributed by atoms with Gasteiger partial charge in [-0.3, -0.25) is 0 Å². The lowest BCUT2D eigenvalue weighted by Gasteiger charge is -2.07. The van der Waals surface area contributed by atoms with E-state index in [1.807, 2.05) is 6.92 Å². The van der Waals surface area contributed by atoms with Crippen LogP contribution < -0.4 is 10.1 Å². The molecule has 0 radical (unpaired) electrons. The van der Waals surface area contributed by atoms with Crippen LogP contribution in [0.1, 0.15) is 6.92 Å². The van der Waals surface area contributed by atoms with Crippen molar-refractivity contribution < 1.29 is 4.74 Å². The summed E-state index contributed by atoms with van der Waals surface area (Å²) in [6.07, 6.45) is 0. The van der Waals surface area contributed by atoms with Crippen molar-refractivity contribution in [1.82, 2.24) is 15.0 Å². The number of halogens is 3. The van der Waals surface area contributed by atoms with Gasteiger partial charge >= 0.3 is 6.01 Å². The zero-order valence-electron chi connectivity index (χ0n) is 9.82. The van der Waals surface area contributed by atoms with Crippen LogP contribution in [0, 0.1) is 0 Å². The molecule has 1 heterocycles. The van der Waals surface area contributed by atoms with E-state index in [-0.39, 0.29) is 17.2 Å². The Morgan fingerprint density at radius 1 is 1.05 bits per heavy atom. The average Bonchev–Trinajstić information content (AvgIpc) is 2.26. The zero-order valence-corrected chi connectivity index (χ0v) is 12.1. The summed E-state index contributed by atoms with van der Waals surface area (Å²) in [5.41, 5.74) is 0.641. The molecule has 0 spiro atoms. The molecule has 0 saturated carbocycles. The number of aromatic nitrogens is 3. The number of hydrogen-bond donors (Lipinski definition) is 1. The summed E-state index contributed by atoms with van der Waals surface area (Å²) in [6, 6.07) is 5.15. The standard InChI is InChI=1S/C11H9Cl3N4O/c1-2-19-11-17-9(14)16-10(18-11)15-8-4-6(12)3-7(13)5-8/h3-5H,2H2,1H3,(H,15,16,17,18). The van der Waals surface area contributed by atoms with Crippen molar-refractivity contribution in [2.45, 2.75) is 6.92 Å². The van der Waals surface area contributed by atoms with Crippen molar-refractivity contribution in [1.29, 1.82) is 0 Å². The summed E-state index contributed by atoms with van der Waals surface area (Å²) in [5.74, 6) is 0.252. The molecule has 1 aromatic carbocycles. The van der Waals surface area contributed by atoms with Gasteiger partial charge in [0.1, 0.15) is 0 Å². The molecular formula is C11H9Cl3N4O. The molecule has 0 atom stereocenters. The second-order valence-corrected chi connectivity index (χ2v) is 4.64. The number of rotatable bonds is 4. The van der Waals surface area contributed by atoms with Gasteiger partial charge in [-0.1, -0.05) is 23.2 Å². The molecule has 0 saturated heterocycles. The number of anilines is 2. The molecular weight excluding hydrogens is 311 g/mol. The van der Waals surface area contributed by atoms with Crippen molar-refractivity contribution in [3.05, 3.63) is 33.5 Å². The van der Waals surface area contributed by atoms with Crippen LogP contribution in [0.25, 0.3) is 0 Å². The van der Waals surface area contributed by atoms with E-state index in [0.29, 0.717) is 22.3 Å². The summed E-state index contributed by atoms with van der Waals surface area (Å²) in [5, 5.41) is 3.97. The molecule has 5 nitrogen and oxygen atoms in total. The number of ether oxygens (including phenoxy) is 1. The van der Waals surface area contributed by atoms with Gasteiger partial charge in [-0.05, 0) is 36.7 Å². The minimum atomic E-state index is 0.0362. The third-order valence-corrected chi connectivity index (χ3v) is 2.59. The Morgan fingerprint density at radius 2 is 1.74 bits per heavy atom. The van der Waals surface area contributed by atoms with Crippen molar-refractivity contribution in [3.8, 4) is 6.01 Å². The predicted molar refractivity (Wildman–Crippen MR) is 75.8 cm³/mol. The fourth-order valence-electron chi connectivity index (χ4n) is 1.34. The highest BCUT2D eigenvalue weighted by atomic mass is 35.5. The summed E-state index contributed by atoms with van der Waals surface area (Å²) in [7, 11) is 0. The van der Waals surface area contributed by atoms with E-state index in [2.05, 4.69) is 20.3 Å². The smallest absolute Gasteiger partial charge is 0.322 e. The van der Waals surface area contributed by atoms with Gasteiger partial charge in [0.2, 0.25) is 11.2 Å². The van der Waals surface area contributed by atoms with E-state index in [0.717, 1.165) is 0 Å². The molecule has 0 aliphatic heterocycles. The first-order chi connectivity index (χ1) is 9.06. The maximum Gasteiger partial charge on any atom is 0.322 e. The normalized spacial score (nSPS) is 10.3. The second kappa shape index (κ2) is 6.23. The van der Waals surface area contributed by atoms with E-state index >= 15 is 0 Å². The maximum atomic E-state index is 5.90. The minimum Gasteiger partial charge on any atom is -0.464 e. The van der Waals surface area contributed by atoms with Gasteiger partial charge in [0, 0.05) is 15.7 Å². The molecule has 1 aromatic heterocycles. The summed E-state index contributed by atoms with van der Waals surface area (Å²) in [6.45, 7) is 2.25. The number of nitrogens with one attached hydrogen (secondary N) is 1.